The second-order valence-corrected chi connectivity index (χ2v) is 6.27. The molecular formula is C13H12F3N3O4S. The minimum atomic E-state index is -4.87. The number of halogens is 3. The van der Waals surface area contributed by atoms with E-state index < -0.39 is 28.0 Å². The minimum Gasteiger partial charge on any atom is -0.406 e. The fourth-order valence-corrected chi connectivity index (χ4v) is 2.59. The standard InChI is InChI=1S/C13H12F3N3O4S/c1-19-8-2-3-11(19)12(20)17-18-24(21,22)10-6-4-9(5-7-10)23-13(14,15)16/h2-8,18H,1H3,(H,17,20). The Labute approximate surface area is 135 Å². The third-order valence-corrected chi connectivity index (χ3v) is 4.11. The van der Waals surface area contributed by atoms with Crippen LogP contribution in [0.25, 0.3) is 0 Å². The largest absolute Gasteiger partial charge is 0.573 e. The number of aromatic nitrogens is 1. The highest BCUT2D eigenvalue weighted by atomic mass is 32.2. The molecule has 0 spiro atoms. The Morgan fingerprint density at radius 3 is 2.29 bits per heavy atom. The molecule has 1 aromatic heterocycles. The number of carbonyl (C=O) groups excluding carboxylic acids is 1. The van der Waals surface area contributed by atoms with Gasteiger partial charge in [-0.15, -0.1) is 18.0 Å². The van der Waals surface area contributed by atoms with Gasteiger partial charge in [0.25, 0.3) is 15.9 Å². The molecule has 2 rings (SSSR count). The van der Waals surface area contributed by atoms with Crippen molar-refractivity contribution < 1.29 is 31.1 Å². The summed E-state index contributed by atoms with van der Waals surface area (Å²) in [5.74, 6) is -1.25. The van der Waals surface area contributed by atoms with Crippen LogP contribution in [0.4, 0.5) is 13.2 Å². The molecule has 1 amide bonds. The summed E-state index contributed by atoms with van der Waals surface area (Å²) in [6.07, 6.45) is -3.27. The lowest BCUT2D eigenvalue weighted by atomic mass is 10.3. The van der Waals surface area contributed by atoms with Crippen molar-refractivity contribution >= 4 is 15.9 Å². The lowest BCUT2D eigenvalue weighted by Crippen LogP contribution is -2.42. The average molecular weight is 363 g/mol. The summed E-state index contributed by atoms with van der Waals surface area (Å²) in [5, 5.41) is 0. The van der Waals surface area contributed by atoms with Crippen LogP contribution in [0.5, 0.6) is 5.75 Å². The first-order chi connectivity index (χ1) is 11.1. The van der Waals surface area contributed by atoms with Gasteiger partial charge in [0.05, 0.1) is 4.90 Å². The Bertz CT molecular complexity index is 829. The molecule has 11 heteroatoms. The zero-order chi connectivity index (χ0) is 18.0. The molecule has 0 aliphatic heterocycles. The summed E-state index contributed by atoms with van der Waals surface area (Å²) in [6.45, 7) is 0. The Hall–Kier alpha value is -2.53. The number of benzene rings is 1. The summed E-state index contributed by atoms with van der Waals surface area (Å²) < 4.78 is 65.3. The van der Waals surface area contributed by atoms with Crippen LogP contribution in [0.2, 0.25) is 0 Å². The molecule has 1 heterocycles. The predicted octanol–water partition coefficient (Wildman–Crippen LogP) is 1.55. The molecule has 0 saturated carbocycles. The maximum atomic E-state index is 12.1. The zero-order valence-electron chi connectivity index (χ0n) is 12.2. The van der Waals surface area contributed by atoms with Crippen LogP contribution in [-0.2, 0) is 17.1 Å². The van der Waals surface area contributed by atoms with Gasteiger partial charge in [0.2, 0.25) is 0 Å². The highest BCUT2D eigenvalue weighted by Gasteiger charge is 2.31. The number of rotatable bonds is 5. The molecule has 0 atom stereocenters. The molecule has 0 aliphatic carbocycles. The van der Waals surface area contributed by atoms with E-state index >= 15 is 0 Å². The third kappa shape index (κ3) is 4.49. The number of amides is 1. The van der Waals surface area contributed by atoms with Crippen LogP contribution < -0.4 is 15.0 Å². The van der Waals surface area contributed by atoms with Gasteiger partial charge in [-0.1, -0.05) is 0 Å². The first-order valence-electron chi connectivity index (χ1n) is 6.38. The smallest absolute Gasteiger partial charge is 0.406 e. The van der Waals surface area contributed by atoms with E-state index in [4.69, 9.17) is 0 Å². The van der Waals surface area contributed by atoms with Gasteiger partial charge < -0.3 is 9.30 Å². The van der Waals surface area contributed by atoms with E-state index in [2.05, 4.69) is 4.74 Å². The Morgan fingerprint density at radius 1 is 1.17 bits per heavy atom. The molecule has 2 aromatic rings. The first-order valence-corrected chi connectivity index (χ1v) is 7.86. The highest BCUT2D eigenvalue weighted by Crippen LogP contribution is 2.23. The molecule has 0 unspecified atom stereocenters. The number of hydrogen-bond acceptors (Lipinski definition) is 4. The monoisotopic (exact) mass is 363 g/mol. The fourth-order valence-electron chi connectivity index (χ4n) is 1.75. The quantitative estimate of drug-likeness (QED) is 0.789. The third-order valence-electron chi connectivity index (χ3n) is 2.84. The SMILES string of the molecule is Cn1cccc1C(=O)NNS(=O)(=O)c1ccc(OC(F)(F)F)cc1. The lowest BCUT2D eigenvalue weighted by Gasteiger charge is -2.11. The van der Waals surface area contributed by atoms with E-state index in [1.807, 2.05) is 10.3 Å². The summed E-state index contributed by atoms with van der Waals surface area (Å²) in [7, 11) is -2.55. The molecule has 24 heavy (non-hydrogen) atoms. The molecule has 1 aromatic carbocycles. The number of nitrogens with one attached hydrogen (secondary N) is 2. The van der Waals surface area contributed by atoms with Crippen molar-refractivity contribution in [2.45, 2.75) is 11.3 Å². The summed E-state index contributed by atoms with van der Waals surface area (Å²) >= 11 is 0. The Morgan fingerprint density at radius 2 is 1.79 bits per heavy atom. The summed E-state index contributed by atoms with van der Waals surface area (Å²) in [5.41, 5.74) is 2.22. The maximum absolute atomic E-state index is 12.1. The van der Waals surface area contributed by atoms with Gasteiger partial charge in [0.15, 0.2) is 0 Å². The van der Waals surface area contributed by atoms with Crippen molar-refractivity contribution in [2.24, 2.45) is 7.05 Å². The normalized spacial score (nSPS) is 12.0. The molecule has 130 valence electrons. The maximum Gasteiger partial charge on any atom is 0.573 e. The molecule has 0 aliphatic rings. The summed E-state index contributed by atoms with van der Waals surface area (Å²) in [6, 6.07) is 6.61. The van der Waals surface area contributed by atoms with Crippen LogP contribution >= 0.6 is 0 Å². The summed E-state index contributed by atoms with van der Waals surface area (Å²) in [4.78, 5) is 13.3. The fraction of sp³-hybridized carbons (Fsp3) is 0.154. The highest BCUT2D eigenvalue weighted by molar-refractivity contribution is 7.89. The van der Waals surface area contributed by atoms with E-state index in [0.717, 1.165) is 24.3 Å². The molecule has 0 bridgehead atoms. The van der Waals surface area contributed by atoms with Crippen LogP contribution in [0.15, 0.2) is 47.5 Å². The van der Waals surface area contributed by atoms with Crippen LogP contribution in [0.1, 0.15) is 10.5 Å². The second kappa shape index (κ2) is 6.53. The number of alkyl halides is 3. The van der Waals surface area contributed by atoms with Crippen molar-refractivity contribution in [3.8, 4) is 5.75 Å². The molecule has 0 fully saturated rings. The van der Waals surface area contributed by atoms with E-state index in [1.54, 1.807) is 19.3 Å². The van der Waals surface area contributed by atoms with Gasteiger partial charge in [-0.05, 0) is 36.4 Å². The van der Waals surface area contributed by atoms with Crippen LogP contribution in [0.3, 0.4) is 0 Å². The Balaban J connectivity index is 2.05. The van der Waals surface area contributed by atoms with Crippen molar-refractivity contribution in [3.05, 3.63) is 48.3 Å². The number of carbonyl (C=O) groups is 1. The lowest BCUT2D eigenvalue weighted by molar-refractivity contribution is -0.274. The van der Waals surface area contributed by atoms with Gasteiger partial charge in [0, 0.05) is 13.2 Å². The van der Waals surface area contributed by atoms with E-state index in [-0.39, 0.29) is 10.6 Å². The van der Waals surface area contributed by atoms with Gasteiger partial charge in [-0.2, -0.15) is 0 Å². The number of sulfonamides is 1. The van der Waals surface area contributed by atoms with Crippen molar-refractivity contribution in [3.63, 3.8) is 0 Å². The molecule has 7 nitrogen and oxygen atoms in total. The van der Waals surface area contributed by atoms with Gasteiger partial charge >= 0.3 is 6.36 Å². The average Bonchev–Trinajstić information content (AvgIpc) is 2.90. The minimum absolute atomic E-state index is 0.214. The van der Waals surface area contributed by atoms with E-state index in [9.17, 15) is 26.4 Å². The van der Waals surface area contributed by atoms with Gasteiger partial charge in [-0.3, -0.25) is 10.2 Å². The van der Waals surface area contributed by atoms with Gasteiger partial charge in [0.1, 0.15) is 11.4 Å². The molecule has 0 radical (unpaired) electrons. The van der Waals surface area contributed by atoms with Crippen LogP contribution in [-0.4, -0.2) is 25.3 Å². The predicted molar refractivity (Wildman–Crippen MR) is 76.3 cm³/mol. The topological polar surface area (TPSA) is 89.4 Å². The van der Waals surface area contributed by atoms with Crippen LogP contribution in [0, 0.1) is 0 Å². The molecular weight excluding hydrogens is 351 g/mol. The molecule has 2 N–H and O–H groups in total. The van der Waals surface area contributed by atoms with Crippen molar-refractivity contribution in [1.82, 2.24) is 14.8 Å². The zero-order valence-corrected chi connectivity index (χ0v) is 13.0. The molecule has 0 saturated heterocycles. The second-order valence-electron chi connectivity index (χ2n) is 4.58. The number of ether oxygens (including phenoxy) is 1. The number of hydrazine groups is 1. The van der Waals surface area contributed by atoms with E-state index in [0.29, 0.717) is 0 Å². The number of hydrogen-bond donors (Lipinski definition) is 2. The Kier molecular flexibility index (Phi) is 4.85. The van der Waals surface area contributed by atoms with Crippen molar-refractivity contribution in [2.75, 3.05) is 0 Å². The van der Waals surface area contributed by atoms with E-state index in [1.165, 1.54) is 10.6 Å². The first kappa shape index (κ1) is 17.8. The number of aryl methyl sites for hydroxylation is 1. The number of nitrogens with zero attached hydrogens (tertiary/aromatic N) is 1. The van der Waals surface area contributed by atoms with Gasteiger partial charge in [-0.25, -0.2) is 8.42 Å². The van der Waals surface area contributed by atoms with Crippen molar-refractivity contribution in [1.29, 1.82) is 0 Å².